The fourth-order valence-corrected chi connectivity index (χ4v) is 3.23. The summed E-state index contributed by atoms with van der Waals surface area (Å²) in [6.45, 7) is 0.0196. The first-order valence-electron chi connectivity index (χ1n) is 5.30. The average molecular weight is 355 g/mol. The molecule has 1 amide bonds. The van der Waals surface area contributed by atoms with Crippen molar-refractivity contribution in [1.29, 1.82) is 0 Å². The van der Waals surface area contributed by atoms with Crippen LogP contribution in [0.3, 0.4) is 0 Å². The summed E-state index contributed by atoms with van der Waals surface area (Å²) >= 11 is 3.09. The minimum atomic E-state index is -4.64. The molecule has 1 atom stereocenters. The molecule has 1 aliphatic rings. The molecular formula is C10H9BrF2N2O3S. The zero-order valence-corrected chi connectivity index (χ0v) is 11.9. The third kappa shape index (κ3) is 3.47. The molecule has 1 unspecified atom stereocenters. The van der Waals surface area contributed by atoms with Crippen LogP contribution in [-0.2, 0) is 15.0 Å². The van der Waals surface area contributed by atoms with Crippen LogP contribution in [0.2, 0.25) is 0 Å². The second-order valence-electron chi connectivity index (χ2n) is 4.24. The van der Waals surface area contributed by atoms with Crippen molar-refractivity contribution in [3.8, 4) is 0 Å². The number of hydrogen-bond donors (Lipinski definition) is 0. The van der Waals surface area contributed by atoms with Crippen LogP contribution in [0.25, 0.3) is 0 Å². The Kier molecular flexibility index (Phi) is 3.86. The van der Waals surface area contributed by atoms with E-state index >= 15 is 0 Å². The number of hydrogen-bond acceptors (Lipinski definition) is 4. The highest BCUT2D eigenvalue weighted by Crippen LogP contribution is 2.31. The van der Waals surface area contributed by atoms with Crippen LogP contribution in [0.4, 0.5) is 14.0 Å². The van der Waals surface area contributed by atoms with Gasteiger partial charge in [0.15, 0.2) is 0 Å². The third-order valence-corrected chi connectivity index (χ3v) is 4.20. The fourth-order valence-electron chi connectivity index (χ4n) is 2.01. The molecule has 0 bridgehead atoms. The van der Waals surface area contributed by atoms with Crippen LogP contribution in [0.1, 0.15) is 6.42 Å². The van der Waals surface area contributed by atoms with E-state index in [2.05, 4.69) is 20.9 Å². The molecule has 1 fully saturated rings. The second-order valence-corrected chi connectivity index (χ2v) is 6.41. The van der Waals surface area contributed by atoms with E-state index in [0.717, 1.165) is 12.3 Å². The molecule has 2 rings (SSSR count). The van der Waals surface area contributed by atoms with Crippen molar-refractivity contribution in [2.24, 2.45) is 5.92 Å². The Morgan fingerprint density at radius 1 is 1.53 bits per heavy atom. The van der Waals surface area contributed by atoms with Crippen LogP contribution in [0.5, 0.6) is 0 Å². The first-order valence-corrected chi connectivity index (χ1v) is 7.64. The van der Waals surface area contributed by atoms with Gasteiger partial charge in [-0.15, -0.1) is 3.89 Å². The molecule has 9 heteroatoms. The molecule has 1 saturated heterocycles. The van der Waals surface area contributed by atoms with Gasteiger partial charge in [-0.3, -0.25) is 4.79 Å². The Morgan fingerprint density at radius 2 is 2.21 bits per heavy atom. The van der Waals surface area contributed by atoms with Crippen LogP contribution in [0, 0.1) is 11.7 Å². The summed E-state index contributed by atoms with van der Waals surface area (Å²) < 4.78 is 47.1. The lowest BCUT2D eigenvalue weighted by Crippen LogP contribution is -2.26. The number of halogens is 3. The lowest BCUT2D eigenvalue weighted by Gasteiger charge is -2.17. The predicted octanol–water partition coefficient (Wildman–Crippen LogP) is 1.64. The van der Waals surface area contributed by atoms with Gasteiger partial charge < -0.3 is 4.90 Å². The number of amides is 1. The summed E-state index contributed by atoms with van der Waals surface area (Å²) in [5, 5.41) is 0. The van der Waals surface area contributed by atoms with Crippen molar-refractivity contribution in [2.45, 2.75) is 6.42 Å². The van der Waals surface area contributed by atoms with E-state index in [1.165, 1.54) is 4.90 Å². The van der Waals surface area contributed by atoms with Gasteiger partial charge in [-0.2, -0.15) is 8.42 Å². The van der Waals surface area contributed by atoms with E-state index in [4.69, 9.17) is 0 Å². The van der Waals surface area contributed by atoms with Crippen molar-refractivity contribution in [2.75, 3.05) is 17.2 Å². The molecule has 5 nitrogen and oxygen atoms in total. The Bertz CT molecular complexity index is 623. The molecule has 0 saturated carbocycles. The van der Waals surface area contributed by atoms with Gasteiger partial charge in [0.1, 0.15) is 10.4 Å². The summed E-state index contributed by atoms with van der Waals surface area (Å²) in [7, 11) is -4.64. The molecule has 0 N–H and O–H groups in total. The zero-order chi connectivity index (χ0) is 14.2. The number of nitrogens with zero attached hydrogens (tertiary/aromatic N) is 2. The number of carbonyl (C=O) groups is 1. The Labute approximate surface area is 117 Å². The molecular weight excluding hydrogens is 346 g/mol. The van der Waals surface area contributed by atoms with Crippen molar-refractivity contribution in [3.63, 3.8) is 0 Å². The zero-order valence-electron chi connectivity index (χ0n) is 9.51. The lowest BCUT2D eigenvalue weighted by atomic mass is 10.1. The van der Waals surface area contributed by atoms with E-state index in [-0.39, 0.29) is 29.2 Å². The molecule has 1 aliphatic heterocycles. The summed E-state index contributed by atoms with van der Waals surface area (Å²) in [5.74, 6) is -2.36. The Morgan fingerprint density at radius 3 is 2.84 bits per heavy atom. The number of pyridine rings is 1. The van der Waals surface area contributed by atoms with Crippen molar-refractivity contribution in [1.82, 2.24) is 4.98 Å². The fraction of sp³-hybridized carbons (Fsp3) is 0.400. The van der Waals surface area contributed by atoms with Gasteiger partial charge in [0.05, 0.1) is 17.6 Å². The second kappa shape index (κ2) is 5.12. The first-order chi connectivity index (χ1) is 8.76. The summed E-state index contributed by atoms with van der Waals surface area (Å²) in [6.07, 6.45) is 0.893. The van der Waals surface area contributed by atoms with Crippen molar-refractivity contribution in [3.05, 3.63) is 22.7 Å². The lowest BCUT2D eigenvalue weighted by molar-refractivity contribution is -0.117. The number of anilines is 1. The summed E-state index contributed by atoms with van der Waals surface area (Å²) in [6, 6.07) is 1.11. The molecule has 0 radical (unpaired) electrons. The quantitative estimate of drug-likeness (QED) is 0.611. The number of carbonyl (C=O) groups excluding carboxylic acids is 1. The standard InChI is InChI=1S/C10H9BrF2N2O3S/c11-10-8(2-7(12)3-14-10)15-4-6(1-9(15)16)5-19(13,17)18/h2-3,6H,1,4-5H2. The van der Waals surface area contributed by atoms with Gasteiger partial charge >= 0.3 is 10.2 Å². The maximum Gasteiger partial charge on any atom is 0.302 e. The molecule has 19 heavy (non-hydrogen) atoms. The van der Waals surface area contributed by atoms with E-state index in [1.807, 2.05) is 0 Å². The molecule has 104 valence electrons. The van der Waals surface area contributed by atoms with Gasteiger partial charge in [0.2, 0.25) is 5.91 Å². The van der Waals surface area contributed by atoms with Crippen molar-refractivity contribution >= 4 is 37.7 Å². The smallest absolute Gasteiger partial charge is 0.302 e. The van der Waals surface area contributed by atoms with E-state index in [1.54, 1.807) is 0 Å². The average Bonchev–Trinajstić information content (AvgIpc) is 2.60. The van der Waals surface area contributed by atoms with Gasteiger partial charge in [-0.1, -0.05) is 0 Å². The third-order valence-electron chi connectivity index (χ3n) is 2.72. The van der Waals surface area contributed by atoms with Crippen LogP contribution in [-0.4, -0.2) is 31.6 Å². The maximum absolute atomic E-state index is 13.1. The molecule has 1 aromatic heterocycles. The summed E-state index contributed by atoms with van der Waals surface area (Å²) in [4.78, 5) is 16.7. The summed E-state index contributed by atoms with van der Waals surface area (Å²) in [5.41, 5.74) is 0.212. The molecule has 0 aliphatic carbocycles. The van der Waals surface area contributed by atoms with Gasteiger partial charge in [0, 0.05) is 24.9 Å². The monoisotopic (exact) mass is 354 g/mol. The molecule has 0 spiro atoms. The van der Waals surface area contributed by atoms with Crippen LogP contribution >= 0.6 is 15.9 Å². The van der Waals surface area contributed by atoms with Crippen molar-refractivity contribution < 1.29 is 21.5 Å². The van der Waals surface area contributed by atoms with Gasteiger partial charge in [0.25, 0.3) is 0 Å². The maximum atomic E-state index is 13.1. The van der Waals surface area contributed by atoms with Crippen LogP contribution < -0.4 is 4.90 Å². The first kappa shape index (κ1) is 14.3. The van der Waals surface area contributed by atoms with Gasteiger partial charge in [-0.25, -0.2) is 9.37 Å². The topological polar surface area (TPSA) is 67.3 Å². The Balaban J connectivity index is 2.23. The number of rotatable bonds is 3. The SMILES string of the molecule is O=C1CC(CS(=O)(=O)F)CN1c1cc(F)cnc1Br. The van der Waals surface area contributed by atoms with E-state index in [0.29, 0.717) is 0 Å². The van der Waals surface area contributed by atoms with E-state index in [9.17, 15) is 21.5 Å². The number of aromatic nitrogens is 1. The molecule has 2 heterocycles. The largest absolute Gasteiger partial charge is 0.309 e. The van der Waals surface area contributed by atoms with E-state index < -0.39 is 27.7 Å². The molecule has 0 aromatic carbocycles. The minimum absolute atomic E-state index is 0.0196. The highest BCUT2D eigenvalue weighted by atomic mass is 79.9. The van der Waals surface area contributed by atoms with Crippen LogP contribution in [0.15, 0.2) is 16.9 Å². The molecule has 1 aromatic rings. The highest BCUT2D eigenvalue weighted by Gasteiger charge is 2.34. The highest BCUT2D eigenvalue weighted by molar-refractivity contribution is 9.10. The predicted molar refractivity (Wildman–Crippen MR) is 67.2 cm³/mol. The normalized spacial score (nSPS) is 20.1. The van der Waals surface area contributed by atoms with Gasteiger partial charge in [-0.05, 0) is 15.9 Å². The Hall–Kier alpha value is -1.09. The minimum Gasteiger partial charge on any atom is -0.309 e.